The molecule has 0 atom stereocenters. The summed E-state index contributed by atoms with van der Waals surface area (Å²) in [7, 11) is 0. The van der Waals surface area contributed by atoms with Gasteiger partial charge in [-0.2, -0.15) is 0 Å². The second-order valence-electron chi connectivity index (χ2n) is 11.6. The molecule has 0 aliphatic rings. The normalized spacial score (nSPS) is 11.6. The van der Waals surface area contributed by atoms with Gasteiger partial charge in [-0.1, -0.05) is 127 Å². The first-order chi connectivity index (χ1) is 21.1. The average molecular weight is 550 g/mol. The Balaban J connectivity index is 1.34. The molecule has 0 fully saturated rings. The van der Waals surface area contributed by atoms with Crippen molar-refractivity contribution in [2.75, 3.05) is 4.90 Å². The van der Waals surface area contributed by atoms with Gasteiger partial charge in [-0.15, -0.1) is 0 Å². The number of rotatable bonds is 5. The van der Waals surface area contributed by atoms with E-state index in [1.54, 1.807) is 0 Å². The van der Waals surface area contributed by atoms with Gasteiger partial charge < -0.3 is 4.90 Å². The van der Waals surface area contributed by atoms with Crippen LogP contribution >= 0.6 is 0 Å². The molecule has 0 aliphatic heterocycles. The molecular weight excluding hydrogens is 518 g/mol. The Morgan fingerprint density at radius 3 is 1.49 bits per heavy atom. The van der Waals surface area contributed by atoms with Crippen LogP contribution in [-0.4, -0.2) is 0 Å². The SMILES string of the molecule is C=C(c1ccc(C)cc1)c1ccc(N(c2ccc(C)cc2)c2ccc3c4cccc5cccc(c6cccc2c63)c54)cc1. The number of hydrogen-bond donors (Lipinski definition) is 0. The molecule has 0 aromatic heterocycles. The quantitative estimate of drug-likeness (QED) is 0.152. The van der Waals surface area contributed by atoms with Gasteiger partial charge in [0.2, 0.25) is 0 Å². The second-order valence-corrected chi connectivity index (χ2v) is 11.6. The van der Waals surface area contributed by atoms with Crippen molar-refractivity contribution in [1.29, 1.82) is 0 Å². The minimum absolute atomic E-state index is 1.03. The van der Waals surface area contributed by atoms with E-state index in [0.29, 0.717) is 0 Å². The molecule has 204 valence electrons. The van der Waals surface area contributed by atoms with E-state index in [4.69, 9.17) is 0 Å². The lowest BCUT2D eigenvalue weighted by atomic mass is 9.89. The Bertz CT molecular complexity index is 2240. The van der Waals surface area contributed by atoms with Gasteiger partial charge in [0.05, 0.1) is 5.69 Å². The van der Waals surface area contributed by atoms with E-state index in [1.165, 1.54) is 59.9 Å². The van der Waals surface area contributed by atoms with Crippen molar-refractivity contribution in [3.63, 3.8) is 0 Å². The Hall–Kier alpha value is -5.40. The zero-order valence-electron chi connectivity index (χ0n) is 24.4. The van der Waals surface area contributed by atoms with Gasteiger partial charge in [-0.3, -0.25) is 0 Å². The van der Waals surface area contributed by atoms with Gasteiger partial charge in [-0.25, -0.2) is 0 Å². The van der Waals surface area contributed by atoms with Crippen LogP contribution < -0.4 is 4.90 Å². The highest BCUT2D eigenvalue weighted by Crippen LogP contribution is 2.46. The van der Waals surface area contributed by atoms with Crippen molar-refractivity contribution >= 4 is 65.7 Å². The monoisotopic (exact) mass is 549 g/mol. The number of benzene rings is 8. The van der Waals surface area contributed by atoms with E-state index >= 15 is 0 Å². The van der Waals surface area contributed by atoms with E-state index in [0.717, 1.165) is 28.1 Å². The smallest absolute Gasteiger partial charge is 0.0540 e. The highest BCUT2D eigenvalue weighted by molar-refractivity contribution is 6.34. The van der Waals surface area contributed by atoms with Crippen LogP contribution in [0.1, 0.15) is 22.3 Å². The first-order valence-electron chi connectivity index (χ1n) is 14.9. The molecule has 8 aromatic rings. The molecule has 0 amide bonds. The number of anilines is 3. The lowest BCUT2D eigenvalue weighted by molar-refractivity contribution is 1.29. The minimum atomic E-state index is 1.03. The average Bonchev–Trinajstić information content (AvgIpc) is 3.05. The van der Waals surface area contributed by atoms with Gasteiger partial charge in [-0.05, 0) is 98.6 Å². The fourth-order valence-electron chi connectivity index (χ4n) is 6.68. The minimum Gasteiger partial charge on any atom is -0.310 e. The Kier molecular flexibility index (Phi) is 5.80. The van der Waals surface area contributed by atoms with Gasteiger partial charge in [0.15, 0.2) is 0 Å². The third-order valence-corrected chi connectivity index (χ3v) is 8.91. The Labute approximate surface area is 252 Å². The number of hydrogen-bond acceptors (Lipinski definition) is 1. The van der Waals surface area contributed by atoms with Gasteiger partial charge in [0, 0.05) is 16.8 Å². The highest BCUT2D eigenvalue weighted by atomic mass is 15.1. The molecule has 1 heteroatoms. The van der Waals surface area contributed by atoms with Crippen LogP contribution in [0.4, 0.5) is 17.1 Å². The molecule has 0 N–H and O–H groups in total. The molecule has 0 radical (unpaired) electrons. The van der Waals surface area contributed by atoms with Crippen molar-refractivity contribution in [3.8, 4) is 0 Å². The first-order valence-corrected chi connectivity index (χ1v) is 14.9. The van der Waals surface area contributed by atoms with Crippen molar-refractivity contribution in [3.05, 3.63) is 168 Å². The Morgan fingerprint density at radius 2 is 0.884 bits per heavy atom. The van der Waals surface area contributed by atoms with Crippen molar-refractivity contribution in [2.24, 2.45) is 0 Å². The second kappa shape index (κ2) is 9.86. The maximum atomic E-state index is 4.42. The largest absolute Gasteiger partial charge is 0.310 e. The first kappa shape index (κ1) is 25.3. The molecule has 0 bridgehead atoms. The predicted octanol–water partition coefficient (Wildman–Crippen LogP) is 11.9. The number of fused-ring (bicyclic) bond motifs is 2. The molecule has 0 spiro atoms. The molecule has 8 aromatic carbocycles. The lowest BCUT2D eigenvalue weighted by Gasteiger charge is -2.28. The van der Waals surface area contributed by atoms with E-state index < -0.39 is 0 Å². The summed E-state index contributed by atoms with van der Waals surface area (Å²) in [6.45, 7) is 8.67. The number of aryl methyl sites for hydroxylation is 2. The van der Waals surface area contributed by atoms with Crippen LogP contribution in [0.5, 0.6) is 0 Å². The van der Waals surface area contributed by atoms with E-state index in [2.05, 4.69) is 165 Å². The maximum absolute atomic E-state index is 4.42. The number of nitrogens with zero attached hydrogens (tertiary/aromatic N) is 1. The Morgan fingerprint density at radius 1 is 0.442 bits per heavy atom. The topological polar surface area (TPSA) is 3.24 Å². The van der Waals surface area contributed by atoms with Crippen LogP contribution in [0.2, 0.25) is 0 Å². The molecule has 0 unspecified atom stereocenters. The third kappa shape index (κ3) is 4.08. The third-order valence-electron chi connectivity index (χ3n) is 8.91. The van der Waals surface area contributed by atoms with E-state index in [9.17, 15) is 0 Å². The van der Waals surface area contributed by atoms with Crippen LogP contribution in [0.25, 0.3) is 48.7 Å². The zero-order valence-corrected chi connectivity index (χ0v) is 24.4. The van der Waals surface area contributed by atoms with Gasteiger partial charge in [0.25, 0.3) is 0 Å². The zero-order chi connectivity index (χ0) is 29.1. The van der Waals surface area contributed by atoms with E-state index in [1.807, 2.05) is 0 Å². The molecule has 0 aliphatic carbocycles. The van der Waals surface area contributed by atoms with Gasteiger partial charge >= 0.3 is 0 Å². The summed E-state index contributed by atoms with van der Waals surface area (Å²) in [5.74, 6) is 0. The summed E-state index contributed by atoms with van der Waals surface area (Å²) in [5.41, 5.74) is 9.21. The van der Waals surface area contributed by atoms with Crippen molar-refractivity contribution in [2.45, 2.75) is 13.8 Å². The molecule has 0 heterocycles. The molecule has 8 rings (SSSR count). The maximum Gasteiger partial charge on any atom is 0.0540 e. The summed E-state index contributed by atoms with van der Waals surface area (Å²) in [4.78, 5) is 2.39. The summed E-state index contributed by atoms with van der Waals surface area (Å²) >= 11 is 0. The summed E-state index contributed by atoms with van der Waals surface area (Å²) in [5, 5.41) is 10.4. The molecular formula is C42H31N. The molecule has 0 saturated carbocycles. The standard InChI is InChI=1S/C42H31N/c1-27-13-17-30(18-14-27)29(3)31-19-23-34(24-20-31)43(33-21-15-28(2)16-22-33)40-26-25-38-36-10-5-8-32-7-4-9-35(41(32)36)37-11-6-12-39(40)42(37)38/h4-26H,3H2,1-2H3. The summed E-state index contributed by atoms with van der Waals surface area (Å²) in [6.07, 6.45) is 0. The van der Waals surface area contributed by atoms with Crippen molar-refractivity contribution in [1.82, 2.24) is 0 Å². The van der Waals surface area contributed by atoms with Crippen LogP contribution in [0.3, 0.4) is 0 Å². The lowest BCUT2D eigenvalue weighted by Crippen LogP contribution is -2.10. The fraction of sp³-hybridized carbons (Fsp3) is 0.0476. The summed E-state index contributed by atoms with van der Waals surface area (Å²) in [6, 6.07) is 51.0. The molecule has 1 nitrogen and oxygen atoms in total. The summed E-state index contributed by atoms with van der Waals surface area (Å²) < 4.78 is 0. The van der Waals surface area contributed by atoms with Crippen LogP contribution in [0.15, 0.2) is 146 Å². The van der Waals surface area contributed by atoms with E-state index in [-0.39, 0.29) is 0 Å². The van der Waals surface area contributed by atoms with Crippen LogP contribution in [0, 0.1) is 13.8 Å². The predicted molar refractivity (Wildman–Crippen MR) is 186 cm³/mol. The van der Waals surface area contributed by atoms with Crippen molar-refractivity contribution < 1.29 is 0 Å². The van der Waals surface area contributed by atoms with Gasteiger partial charge in [0.1, 0.15) is 0 Å². The highest BCUT2D eigenvalue weighted by Gasteiger charge is 2.19. The molecule has 0 saturated heterocycles. The van der Waals surface area contributed by atoms with Crippen LogP contribution in [-0.2, 0) is 0 Å². The fourth-order valence-corrected chi connectivity index (χ4v) is 6.68. The molecule has 43 heavy (non-hydrogen) atoms.